The lowest BCUT2D eigenvalue weighted by atomic mass is 9.89. The van der Waals surface area contributed by atoms with E-state index in [9.17, 15) is 9.59 Å². The van der Waals surface area contributed by atoms with Crippen LogP contribution in [0, 0.1) is 5.92 Å². The molecule has 2 fully saturated rings. The third kappa shape index (κ3) is 0.735. The lowest BCUT2D eigenvalue weighted by Crippen LogP contribution is -2.26. The summed E-state index contributed by atoms with van der Waals surface area (Å²) in [5.41, 5.74) is 0. The van der Waals surface area contributed by atoms with E-state index >= 15 is 0 Å². The molecule has 3 heteroatoms. The van der Waals surface area contributed by atoms with Crippen molar-refractivity contribution in [1.29, 1.82) is 0 Å². The molecule has 0 aromatic rings. The van der Waals surface area contributed by atoms with E-state index in [0.717, 1.165) is 6.42 Å². The van der Waals surface area contributed by atoms with E-state index in [1.54, 1.807) is 0 Å². The molecule has 1 heterocycles. The van der Waals surface area contributed by atoms with Crippen molar-refractivity contribution in [2.75, 3.05) is 0 Å². The Morgan fingerprint density at radius 1 is 1.30 bits per heavy atom. The summed E-state index contributed by atoms with van der Waals surface area (Å²) >= 11 is 0. The number of hydrogen-bond donors (Lipinski definition) is 1. The van der Waals surface area contributed by atoms with E-state index in [1.807, 2.05) is 0 Å². The van der Waals surface area contributed by atoms with Gasteiger partial charge in [-0.1, -0.05) is 0 Å². The summed E-state index contributed by atoms with van der Waals surface area (Å²) in [6.45, 7) is 0. The van der Waals surface area contributed by atoms with E-state index in [1.165, 1.54) is 0 Å². The summed E-state index contributed by atoms with van der Waals surface area (Å²) in [5.74, 6) is 0.321. The summed E-state index contributed by atoms with van der Waals surface area (Å²) in [7, 11) is 0. The second-order valence-corrected chi connectivity index (χ2v) is 3.09. The molecule has 1 saturated heterocycles. The first-order valence-electron chi connectivity index (χ1n) is 3.58. The van der Waals surface area contributed by atoms with Gasteiger partial charge in [-0.15, -0.1) is 0 Å². The first-order valence-corrected chi connectivity index (χ1v) is 3.58. The normalized spacial score (nSPS) is 38.0. The monoisotopic (exact) mass is 139 g/mol. The van der Waals surface area contributed by atoms with Gasteiger partial charge in [0, 0.05) is 24.8 Å². The molecular formula is C7H9NO2. The summed E-state index contributed by atoms with van der Waals surface area (Å²) in [5, 5.41) is 2.79. The molecule has 0 unspecified atom stereocenters. The van der Waals surface area contributed by atoms with E-state index in [0.29, 0.717) is 12.8 Å². The van der Waals surface area contributed by atoms with Gasteiger partial charge in [-0.25, -0.2) is 0 Å². The van der Waals surface area contributed by atoms with Crippen LogP contribution in [-0.4, -0.2) is 17.7 Å². The molecule has 1 amide bonds. The van der Waals surface area contributed by atoms with Gasteiger partial charge in [-0.3, -0.25) is 9.59 Å². The highest BCUT2D eigenvalue weighted by Crippen LogP contribution is 2.27. The summed E-state index contributed by atoms with van der Waals surface area (Å²) in [6, 6.07) is 0.166. The van der Waals surface area contributed by atoms with Crippen molar-refractivity contribution in [3.05, 3.63) is 0 Å². The van der Waals surface area contributed by atoms with Gasteiger partial charge < -0.3 is 5.32 Å². The van der Waals surface area contributed by atoms with Crippen LogP contribution >= 0.6 is 0 Å². The zero-order chi connectivity index (χ0) is 7.14. The molecule has 1 aliphatic carbocycles. The number of Topliss-reactive ketones (excluding diaryl/α,β-unsaturated/α-hetero) is 1. The number of rotatable bonds is 0. The third-order valence-electron chi connectivity index (χ3n) is 2.23. The lowest BCUT2D eigenvalue weighted by Gasteiger charge is -2.13. The molecule has 1 saturated carbocycles. The van der Waals surface area contributed by atoms with Crippen molar-refractivity contribution in [3.8, 4) is 0 Å². The zero-order valence-electron chi connectivity index (χ0n) is 5.59. The quantitative estimate of drug-likeness (QED) is 0.507. The van der Waals surface area contributed by atoms with Gasteiger partial charge in [0.2, 0.25) is 5.91 Å². The fourth-order valence-electron chi connectivity index (χ4n) is 1.77. The Hall–Kier alpha value is -0.860. The molecule has 1 N–H and O–H groups in total. The number of carbonyl (C=O) groups is 2. The predicted octanol–water partition coefficient (Wildman–Crippen LogP) is -0.146. The Bertz CT molecular complexity index is 198. The maximum atomic E-state index is 10.9. The predicted molar refractivity (Wildman–Crippen MR) is 34.3 cm³/mol. The van der Waals surface area contributed by atoms with Crippen LogP contribution in [0.1, 0.15) is 19.3 Å². The van der Waals surface area contributed by atoms with Gasteiger partial charge in [0.25, 0.3) is 0 Å². The van der Waals surface area contributed by atoms with Crippen LogP contribution < -0.4 is 5.32 Å². The average molecular weight is 139 g/mol. The van der Waals surface area contributed by atoms with Crippen LogP contribution in [0.15, 0.2) is 0 Å². The zero-order valence-corrected chi connectivity index (χ0v) is 5.59. The van der Waals surface area contributed by atoms with Gasteiger partial charge in [0.1, 0.15) is 5.78 Å². The minimum Gasteiger partial charge on any atom is -0.353 e. The average Bonchev–Trinajstić information content (AvgIpc) is 2.07. The number of fused-ring (bicyclic) bond motifs is 2. The van der Waals surface area contributed by atoms with Crippen LogP contribution in [0.3, 0.4) is 0 Å². The van der Waals surface area contributed by atoms with E-state index in [-0.39, 0.29) is 23.7 Å². The molecular weight excluding hydrogens is 130 g/mol. The van der Waals surface area contributed by atoms with Gasteiger partial charge in [-0.2, -0.15) is 0 Å². The largest absolute Gasteiger partial charge is 0.353 e. The summed E-state index contributed by atoms with van der Waals surface area (Å²) < 4.78 is 0. The lowest BCUT2D eigenvalue weighted by molar-refractivity contribution is -0.126. The van der Waals surface area contributed by atoms with E-state index in [2.05, 4.69) is 5.32 Å². The Morgan fingerprint density at radius 2 is 2.10 bits per heavy atom. The second kappa shape index (κ2) is 1.81. The number of hydrogen-bond acceptors (Lipinski definition) is 2. The van der Waals surface area contributed by atoms with Crippen LogP contribution in [0.25, 0.3) is 0 Å². The van der Waals surface area contributed by atoms with Crippen molar-refractivity contribution in [3.63, 3.8) is 0 Å². The fraction of sp³-hybridized carbons (Fsp3) is 0.714. The molecule has 2 rings (SSSR count). The minimum absolute atomic E-state index is 0.00579. The highest BCUT2D eigenvalue weighted by Gasteiger charge is 2.38. The third-order valence-corrected chi connectivity index (χ3v) is 2.23. The van der Waals surface area contributed by atoms with Crippen LogP contribution in [0.5, 0.6) is 0 Å². The molecule has 2 bridgehead atoms. The molecule has 2 aliphatic rings. The van der Waals surface area contributed by atoms with Crippen molar-refractivity contribution < 1.29 is 9.59 Å². The van der Waals surface area contributed by atoms with Gasteiger partial charge >= 0.3 is 0 Å². The summed E-state index contributed by atoms with van der Waals surface area (Å²) in [4.78, 5) is 21.8. The van der Waals surface area contributed by atoms with Crippen molar-refractivity contribution in [2.45, 2.75) is 25.3 Å². The van der Waals surface area contributed by atoms with Gasteiger partial charge in [0.05, 0.1) is 0 Å². The molecule has 0 radical (unpaired) electrons. The van der Waals surface area contributed by atoms with Crippen molar-refractivity contribution >= 4 is 11.7 Å². The topological polar surface area (TPSA) is 46.2 Å². The SMILES string of the molecule is O=C1C[C@H]2C[C@H](C1)C(=O)N2. The molecule has 54 valence electrons. The Kier molecular flexibility index (Phi) is 1.07. The van der Waals surface area contributed by atoms with Crippen LogP contribution in [-0.2, 0) is 9.59 Å². The fourth-order valence-corrected chi connectivity index (χ4v) is 1.77. The number of ketones is 1. The Balaban J connectivity index is 2.20. The highest BCUT2D eigenvalue weighted by atomic mass is 16.2. The van der Waals surface area contributed by atoms with Crippen LogP contribution in [0.4, 0.5) is 0 Å². The maximum absolute atomic E-state index is 10.9. The summed E-state index contributed by atoms with van der Waals surface area (Å²) in [6.07, 6.45) is 1.91. The van der Waals surface area contributed by atoms with E-state index < -0.39 is 0 Å². The maximum Gasteiger partial charge on any atom is 0.223 e. The smallest absolute Gasteiger partial charge is 0.223 e. The first kappa shape index (κ1) is 5.89. The number of amides is 1. The van der Waals surface area contributed by atoms with Crippen LogP contribution in [0.2, 0.25) is 0 Å². The molecule has 10 heavy (non-hydrogen) atoms. The molecule has 3 nitrogen and oxygen atoms in total. The second-order valence-electron chi connectivity index (χ2n) is 3.09. The first-order chi connectivity index (χ1) is 4.75. The number of carbonyl (C=O) groups excluding carboxylic acids is 2. The van der Waals surface area contributed by atoms with Crippen molar-refractivity contribution in [1.82, 2.24) is 5.32 Å². The van der Waals surface area contributed by atoms with E-state index in [4.69, 9.17) is 0 Å². The molecule has 1 aliphatic heterocycles. The Labute approximate surface area is 58.8 Å². The molecule has 0 aromatic heterocycles. The van der Waals surface area contributed by atoms with Gasteiger partial charge in [0.15, 0.2) is 0 Å². The van der Waals surface area contributed by atoms with Gasteiger partial charge in [-0.05, 0) is 6.42 Å². The highest BCUT2D eigenvalue weighted by molar-refractivity contribution is 5.92. The minimum atomic E-state index is 0.00579. The molecule has 0 aromatic carbocycles. The Morgan fingerprint density at radius 3 is 2.80 bits per heavy atom. The standard InChI is InChI=1S/C7H9NO2/c9-6-2-4-1-5(3-6)8-7(4)10/h4-5H,1-3H2,(H,8,10)/t4-,5-/m1/s1. The van der Waals surface area contributed by atoms with Crippen molar-refractivity contribution in [2.24, 2.45) is 5.92 Å². The number of nitrogens with one attached hydrogen (secondary N) is 1. The molecule has 2 atom stereocenters. The molecule has 0 spiro atoms.